The number of urea groups is 2. The highest BCUT2D eigenvalue weighted by Gasteiger charge is 2.37. The Bertz CT molecular complexity index is 3110. The monoisotopic (exact) mass is 1030 g/mol. The number of carbonyl (C=O) groups is 2. The first-order chi connectivity index (χ1) is 36.0. The fourth-order valence-electron chi connectivity index (χ4n) is 8.11. The van der Waals surface area contributed by atoms with Gasteiger partial charge in [-0.25, -0.2) is 29.5 Å². The Morgan fingerprint density at radius 3 is 1.30 bits per heavy atom. The lowest BCUT2D eigenvalue weighted by Crippen LogP contribution is -2.54. The van der Waals surface area contributed by atoms with Crippen molar-refractivity contribution in [3.05, 3.63) is 193 Å². The highest BCUT2D eigenvalue weighted by atomic mass is 19.4. The van der Waals surface area contributed by atoms with Crippen molar-refractivity contribution in [1.29, 1.82) is 0 Å². The molecule has 0 radical (unpaired) electrons. The van der Waals surface area contributed by atoms with Crippen molar-refractivity contribution in [1.82, 2.24) is 19.9 Å². The number of pyridine rings is 4. The van der Waals surface area contributed by atoms with Crippen LogP contribution in [-0.4, -0.2) is 32.0 Å². The van der Waals surface area contributed by atoms with Crippen molar-refractivity contribution in [2.24, 2.45) is 0 Å². The Labute approximate surface area is 439 Å². The normalized spacial score (nSPS) is 11.8. The molecule has 0 aliphatic carbocycles. The molecule has 4 aromatic carbocycles. The van der Waals surface area contributed by atoms with Gasteiger partial charge in [-0.3, -0.25) is 0 Å². The first-order valence-corrected chi connectivity index (χ1v) is 24.3. The first kappa shape index (κ1) is 53.3. The van der Waals surface area contributed by atoms with Crippen LogP contribution >= 0.6 is 0 Å². The predicted molar refractivity (Wildman–Crippen MR) is 290 cm³/mol. The van der Waals surface area contributed by atoms with Crippen molar-refractivity contribution in [3.8, 4) is 34.9 Å². The molecule has 0 unspecified atom stereocenters. The molecule has 76 heavy (non-hydrogen) atoms. The van der Waals surface area contributed by atoms with Crippen molar-refractivity contribution < 1.29 is 37.0 Å². The summed E-state index contributed by atoms with van der Waals surface area (Å²) in [5.41, 5.74) is 1.97. The molecular weight excluding hydrogens is 972 g/mol. The van der Waals surface area contributed by atoms with Gasteiger partial charge in [-0.15, -0.1) is 0 Å². The lowest BCUT2D eigenvalue weighted by molar-refractivity contribution is -0.138. The molecule has 0 spiro atoms. The number of halogens is 3. The standard InChI is InChI=1S/C59H58F3N9O5/c1-56(2,3)40-20-10-14-24-44(40)69-50-32-30-38(36-65-50)67-54(72)70(45-25-18-34-63-52(45)75-47-27-15-11-21-41(47)57(4,5)6)71(46-26-19-35-64-53(46)76-48-28-16-12-22-42(48)58(7,8)9)55(73)68-39-31-33-51(66-37-39)74-49-29-17-13-23-43(49)59(60,61)62/h10-37H,1-9H3,(H,65,69)(H,67,72)(H,68,73). The topological polar surface area (TPSA) is 156 Å². The molecule has 8 rings (SSSR count). The summed E-state index contributed by atoms with van der Waals surface area (Å²) < 4.78 is 60.5. The zero-order chi connectivity index (χ0) is 54.4. The van der Waals surface area contributed by atoms with Crippen molar-refractivity contribution in [3.63, 3.8) is 0 Å². The van der Waals surface area contributed by atoms with Crippen LogP contribution in [0, 0.1) is 0 Å². The molecule has 0 aliphatic rings. The van der Waals surface area contributed by atoms with E-state index in [1.165, 1.54) is 55.1 Å². The number of carbonyl (C=O) groups excluding carboxylic acids is 2. The maximum Gasteiger partial charge on any atom is 0.419 e. The number of amides is 4. The van der Waals surface area contributed by atoms with E-state index in [-0.39, 0.29) is 51.2 Å². The number of hydrazine groups is 1. The van der Waals surface area contributed by atoms with Crippen molar-refractivity contribution in [2.45, 2.75) is 84.7 Å². The Morgan fingerprint density at radius 1 is 0.447 bits per heavy atom. The largest absolute Gasteiger partial charge is 0.438 e. The molecule has 0 atom stereocenters. The summed E-state index contributed by atoms with van der Waals surface area (Å²) in [7, 11) is 0. The number of nitrogens with zero attached hydrogens (tertiary/aromatic N) is 6. The van der Waals surface area contributed by atoms with Crippen LogP contribution in [0.15, 0.2) is 170 Å². The summed E-state index contributed by atoms with van der Waals surface area (Å²) >= 11 is 0. The summed E-state index contributed by atoms with van der Waals surface area (Å²) in [5, 5.41) is 11.2. The van der Waals surface area contributed by atoms with E-state index >= 15 is 9.59 Å². The number of hydrogen-bond acceptors (Lipinski definition) is 10. The van der Waals surface area contributed by atoms with Gasteiger partial charge in [0.2, 0.25) is 17.6 Å². The van der Waals surface area contributed by atoms with E-state index in [0.29, 0.717) is 17.3 Å². The summed E-state index contributed by atoms with van der Waals surface area (Å²) in [6.45, 7) is 18.6. The lowest BCUT2D eigenvalue weighted by Gasteiger charge is -2.35. The minimum absolute atomic E-state index is 0.000932. The smallest absolute Gasteiger partial charge is 0.419 e. The van der Waals surface area contributed by atoms with E-state index in [1.807, 2.05) is 96.1 Å². The van der Waals surface area contributed by atoms with Crippen LogP contribution in [0.2, 0.25) is 0 Å². The average molecular weight is 1030 g/mol. The van der Waals surface area contributed by atoms with Crippen LogP contribution in [0.4, 0.5) is 57.0 Å². The number of nitrogens with one attached hydrogen (secondary N) is 3. The van der Waals surface area contributed by atoms with E-state index < -0.39 is 35.0 Å². The third-order valence-corrected chi connectivity index (χ3v) is 11.8. The first-order valence-electron chi connectivity index (χ1n) is 24.3. The molecule has 8 aromatic rings. The number of anilines is 6. The quantitative estimate of drug-likeness (QED) is 0.101. The lowest BCUT2D eigenvalue weighted by atomic mass is 9.86. The summed E-state index contributed by atoms with van der Waals surface area (Å²) in [4.78, 5) is 49.1. The Morgan fingerprint density at radius 2 is 0.868 bits per heavy atom. The van der Waals surface area contributed by atoms with Gasteiger partial charge >= 0.3 is 18.2 Å². The molecule has 0 fully saturated rings. The number of hydrogen-bond donors (Lipinski definition) is 3. The molecule has 14 nitrogen and oxygen atoms in total. The second-order valence-corrected chi connectivity index (χ2v) is 20.7. The predicted octanol–water partition coefficient (Wildman–Crippen LogP) is 16.0. The summed E-state index contributed by atoms with van der Waals surface area (Å²) in [5.74, 6) is 0.609. The molecule has 0 aliphatic heterocycles. The van der Waals surface area contributed by atoms with Gasteiger partial charge in [-0.05, 0) is 94.6 Å². The van der Waals surface area contributed by atoms with Crippen LogP contribution in [0.25, 0.3) is 0 Å². The second kappa shape index (κ2) is 21.8. The van der Waals surface area contributed by atoms with Gasteiger partial charge in [-0.1, -0.05) is 129 Å². The van der Waals surface area contributed by atoms with Gasteiger partial charge in [0.25, 0.3) is 0 Å². The highest BCUT2D eigenvalue weighted by molar-refractivity contribution is 6.14. The third kappa shape index (κ3) is 12.7. The van der Waals surface area contributed by atoms with Crippen LogP contribution in [0.5, 0.6) is 34.9 Å². The average Bonchev–Trinajstić information content (AvgIpc) is 3.37. The SMILES string of the molecule is CC(C)(C)c1ccccc1Nc1ccc(NC(=O)N(c2cccnc2Oc2ccccc2C(C)(C)C)N(C(=O)Nc2ccc(Oc3ccccc3C(F)(F)F)nc2)c2cccnc2Oc2ccccc2C(C)(C)C)cn1. The van der Waals surface area contributed by atoms with Crippen LogP contribution < -0.4 is 40.2 Å². The van der Waals surface area contributed by atoms with Crippen LogP contribution in [0.3, 0.4) is 0 Å². The minimum Gasteiger partial charge on any atom is -0.438 e. The zero-order valence-corrected chi connectivity index (χ0v) is 43.5. The Hall–Kier alpha value is -8.99. The number of alkyl halides is 3. The number of aromatic nitrogens is 4. The zero-order valence-electron chi connectivity index (χ0n) is 43.5. The van der Waals surface area contributed by atoms with E-state index in [1.54, 1.807) is 48.5 Å². The maximum atomic E-state index is 15.5. The molecule has 0 saturated heterocycles. The third-order valence-electron chi connectivity index (χ3n) is 11.8. The number of benzene rings is 4. The number of para-hydroxylation sites is 4. The molecule has 17 heteroatoms. The highest BCUT2D eigenvalue weighted by Crippen LogP contribution is 2.43. The fraction of sp³-hybridized carbons (Fsp3) is 0.220. The van der Waals surface area contributed by atoms with E-state index in [0.717, 1.165) is 38.5 Å². The molecular formula is C59H58F3N9O5. The summed E-state index contributed by atoms with van der Waals surface area (Å²) in [6, 6.07) is 38.1. The summed E-state index contributed by atoms with van der Waals surface area (Å²) in [6.07, 6.45) is 0.975. The van der Waals surface area contributed by atoms with E-state index in [9.17, 15) is 13.2 Å². The van der Waals surface area contributed by atoms with Gasteiger partial charge < -0.3 is 30.2 Å². The second-order valence-electron chi connectivity index (χ2n) is 20.7. The van der Waals surface area contributed by atoms with Gasteiger partial charge in [-0.2, -0.15) is 23.2 Å². The van der Waals surface area contributed by atoms with Crippen molar-refractivity contribution >= 4 is 46.3 Å². The van der Waals surface area contributed by atoms with E-state index in [4.69, 9.17) is 14.2 Å². The Balaban J connectivity index is 1.25. The molecule has 390 valence electrons. The molecule has 3 N–H and O–H groups in total. The molecule has 0 saturated carbocycles. The van der Waals surface area contributed by atoms with Gasteiger partial charge in [0, 0.05) is 35.3 Å². The fourth-order valence-corrected chi connectivity index (χ4v) is 8.11. The minimum atomic E-state index is -4.69. The Kier molecular flexibility index (Phi) is 15.3. The van der Waals surface area contributed by atoms with Crippen LogP contribution in [0.1, 0.15) is 84.6 Å². The number of ether oxygens (including phenoxy) is 3. The van der Waals surface area contributed by atoms with Gasteiger partial charge in [0.05, 0.1) is 29.3 Å². The molecule has 4 amide bonds. The number of rotatable bonds is 12. The van der Waals surface area contributed by atoms with E-state index in [2.05, 4.69) is 62.7 Å². The maximum absolute atomic E-state index is 15.5. The van der Waals surface area contributed by atoms with Gasteiger partial charge in [0.15, 0.2) is 0 Å². The molecule has 0 bridgehead atoms. The van der Waals surface area contributed by atoms with Crippen molar-refractivity contribution in [2.75, 3.05) is 26.0 Å². The van der Waals surface area contributed by atoms with Crippen LogP contribution in [-0.2, 0) is 22.4 Å². The van der Waals surface area contributed by atoms with Gasteiger partial charge in [0.1, 0.15) is 34.4 Å². The molecule has 4 aromatic heterocycles. The molecule has 4 heterocycles.